The number of alkyl halides is 1. The molecule has 2 bridgehead atoms. The van der Waals surface area contributed by atoms with E-state index in [0.717, 1.165) is 0 Å². The Bertz CT molecular complexity index is 538. The molecule has 0 radical (unpaired) electrons. The molecule has 0 nitrogen and oxygen atoms in total. The highest BCUT2D eigenvalue weighted by Gasteiger charge is 2.43. The molecule has 0 saturated carbocycles. The fourth-order valence-corrected chi connectivity index (χ4v) is 3.05. The normalized spacial score (nSPS) is 29.6. The SMILES string of the molecule is Fc1c(F)c(F)c2c(c1F)[C@@H]1C=C[C@H](Cl)[C@H]2C1. The quantitative estimate of drug-likeness (QED) is 0.218. The Kier molecular flexibility index (Phi) is 2.27. The van der Waals surface area contributed by atoms with Gasteiger partial charge in [0.15, 0.2) is 23.3 Å². The van der Waals surface area contributed by atoms with Crippen molar-refractivity contribution in [1.29, 1.82) is 0 Å². The van der Waals surface area contributed by atoms with E-state index in [1.807, 2.05) is 0 Å². The number of benzene rings is 1. The molecule has 0 aliphatic heterocycles. The third-order valence-corrected chi connectivity index (χ3v) is 3.95. The Morgan fingerprint density at radius 2 is 1.47 bits per heavy atom. The van der Waals surface area contributed by atoms with Crippen LogP contribution in [0.25, 0.3) is 0 Å². The van der Waals surface area contributed by atoms with Crippen LogP contribution in [-0.2, 0) is 0 Å². The molecule has 0 spiro atoms. The summed E-state index contributed by atoms with van der Waals surface area (Å²) in [6.45, 7) is 0. The molecule has 17 heavy (non-hydrogen) atoms. The lowest BCUT2D eigenvalue weighted by molar-refractivity contribution is 0.400. The van der Waals surface area contributed by atoms with Crippen molar-refractivity contribution >= 4 is 11.6 Å². The lowest BCUT2D eigenvalue weighted by atomic mass is 9.92. The first kappa shape index (κ1) is 11.1. The second-order valence-electron chi connectivity index (χ2n) is 4.36. The van der Waals surface area contributed by atoms with E-state index in [0.29, 0.717) is 6.42 Å². The summed E-state index contributed by atoms with van der Waals surface area (Å²) in [5.41, 5.74) is -0.179. The van der Waals surface area contributed by atoms with Gasteiger partial charge in [0.2, 0.25) is 0 Å². The first-order valence-corrected chi connectivity index (χ1v) is 5.64. The molecule has 0 unspecified atom stereocenters. The molecule has 0 saturated heterocycles. The minimum atomic E-state index is -1.75. The summed E-state index contributed by atoms with van der Waals surface area (Å²) in [6, 6.07) is 0. The number of rotatable bonds is 0. The summed E-state index contributed by atoms with van der Waals surface area (Å²) in [5, 5.41) is -0.508. The first-order chi connectivity index (χ1) is 8.02. The van der Waals surface area contributed by atoms with Crippen molar-refractivity contribution in [3.05, 3.63) is 46.5 Å². The Balaban J connectivity index is 2.34. The second-order valence-corrected chi connectivity index (χ2v) is 4.87. The van der Waals surface area contributed by atoms with E-state index >= 15 is 0 Å². The molecule has 0 amide bonds. The maximum absolute atomic E-state index is 13.7. The van der Waals surface area contributed by atoms with Gasteiger partial charge in [-0.1, -0.05) is 12.2 Å². The summed E-state index contributed by atoms with van der Waals surface area (Å²) in [5.74, 6) is -6.98. The van der Waals surface area contributed by atoms with Crippen molar-refractivity contribution in [2.24, 2.45) is 0 Å². The molecule has 1 aromatic carbocycles. The lowest BCUT2D eigenvalue weighted by Crippen LogP contribution is -2.12. The number of hydrogen-bond acceptors (Lipinski definition) is 0. The van der Waals surface area contributed by atoms with E-state index in [1.54, 1.807) is 12.2 Å². The third kappa shape index (κ3) is 1.30. The van der Waals surface area contributed by atoms with Crippen LogP contribution in [0.1, 0.15) is 29.4 Å². The summed E-state index contributed by atoms with van der Waals surface area (Å²) >= 11 is 5.96. The smallest absolute Gasteiger partial charge is 0.197 e. The van der Waals surface area contributed by atoms with Crippen molar-refractivity contribution in [3.63, 3.8) is 0 Å². The molecule has 0 fully saturated rings. The van der Waals surface area contributed by atoms with Crippen molar-refractivity contribution in [2.45, 2.75) is 23.6 Å². The van der Waals surface area contributed by atoms with Crippen LogP contribution < -0.4 is 0 Å². The van der Waals surface area contributed by atoms with Gasteiger partial charge in [0.05, 0.1) is 5.38 Å². The van der Waals surface area contributed by atoms with Crippen molar-refractivity contribution in [3.8, 4) is 0 Å². The van der Waals surface area contributed by atoms with Gasteiger partial charge in [-0.15, -0.1) is 11.6 Å². The summed E-state index contributed by atoms with van der Waals surface area (Å²) in [4.78, 5) is 0. The summed E-state index contributed by atoms with van der Waals surface area (Å²) in [7, 11) is 0. The predicted octanol–water partition coefficient (Wildman–Crippen LogP) is 3.99. The van der Waals surface area contributed by atoms with E-state index in [9.17, 15) is 17.6 Å². The number of fused-ring (bicyclic) bond motifs is 5. The Morgan fingerprint density at radius 3 is 2.12 bits per heavy atom. The molecule has 5 heteroatoms. The third-order valence-electron chi connectivity index (χ3n) is 3.50. The van der Waals surface area contributed by atoms with E-state index < -0.39 is 40.5 Å². The molecule has 0 aromatic heterocycles. The van der Waals surface area contributed by atoms with Crippen molar-refractivity contribution in [1.82, 2.24) is 0 Å². The zero-order chi connectivity index (χ0) is 12.3. The zero-order valence-electron chi connectivity index (χ0n) is 8.48. The fourth-order valence-electron chi connectivity index (χ4n) is 2.74. The number of allylic oxidation sites excluding steroid dienone is 2. The number of hydrogen-bond donors (Lipinski definition) is 0. The molecule has 90 valence electrons. The first-order valence-electron chi connectivity index (χ1n) is 5.20. The van der Waals surface area contributed by atoms with Crippen LogP contribution >= 0.6 is 11.6 Å². The minimum absolute atomic E-state index is 0.0780. The monoisotopic (exact) mass is 262 g/mol. The van der Waals surface area contributed by atoms with Gasteiger partial charge in [-0.2, -0.15) is 0 Å². The molecule has 1 aromatic rings. The number of halogens is 5. The van der Waals surface area contributed by atoms with E-state index in [2.05, 4.69) is 0 Å². The maximum Gasteiger partial charge on any atom is 0.197 e. The van der Waals surface area contributed by atoms with Gasteiger partial charge in [0.1, 0.15) is 0 Å². The van der Waals surface area contributed by atoms with E-state index in [4.69, 9.17) is 11.6 Å². The van der Waals surface area contributed by atoms with Gasteiger partial charge in [-0.05, 0) is 6.42 Å². The largest absolute Gasteiger partial charge is 0.203 e. The fraction of sp³-hybridized carbons (Fsp3) is 0.333. The van der Waals surface area contributed by atoms with Crippen LogP contribution in [0.2, 0.25) is 0 Å². The molecule has 2 aliphatic rings. The highest BCUT2D eigenvalue weighted by atomic mass is 35.5. The standard InChI is InChI=1S/C12H7ClF4/c13-6-2-1-4-3-5(6)8-7(4)9(14)11(16)12(17)10(8)15/h1-2,4-6H,3H2/t4-,5-,6+/m1/s1. The van der Waals surface area contributed by atoms with Crippen LogP contribution in [0.3, 0.4) is 0 Å². The minimum Gasteiger partial charge on any atom is -0.203 e. The van der Waals surface area contributed by atoms with Crippen LogP contribution in [0, 0.1) is 23.3 Å². The predicted molar refractivity (Wildman–Crippen MR) is 55.2 cm³/mol. The van der Waals surface area contributed by atoms with Crippen molar-refractivity contribution in [2.75, 3.05) is 0 Å². The van der Waals surface area contributed by atoms with Gasteiger partial charge in [0.25, 0.3) is 0 Å². The second kappa shape index (κ2) is 3.48. The molecular weight excluding hydrogens is 256 g/mol. The molecule has 0 N–H and O–H groups in total. The van der Waals surface area contributed by atoms with Crippen molar-refractivity contribution < 1.29 is 17.6 Å². The highest BCUT2D eigenvalue weighted by Crippen LogP contribution is 2.51. The van der Waals surface area contributed by atoms with Crippen LogP contribution in [0.5, 0.6) is 0 Å². The van der Waals surface area contributed by atoms with Gasteiger partial charge >= 0.3 is 0 Å². The molecule has 0 heterocycles. The van der Waals surface area contributed by atoms with E-state index in [-0.39, 0.29) is 11.1 Å². The Morgan fingerprint density at radius 1 is 0.882 bits per heavy atom. The average molecular weight is 263 g/mol. The zero-order valence-corrected chi connectivity index (χ0v) is 9.24. The van der Waals surface area contributed by atoms with Crippen LogP contribution in [-0.4, -0.2) is 5.38 Å². The van der Waals surface area contributed by atoms with Gasteiger partial charge in [-0.25, -0.2) is 17.6 Å². The lowest BCUT2D eigenvalue weighted by Gasteiger charge is -2.18. The highest BCUT2D eigenvalue weighted by molar-refractivity contribution is 6.22. The van der Waals surface area contributed by atoms with Crippen LogP contribution in [0.4, 0.5) is 17.6 Å². The molecule has 3 rings (SSSR count). The van der Waals surface area contributed by atoms with E-state index in [1.165, 1.54) is 0 Å². The van der Waals surface area contributed by atoms with Gasteiger partial charge in [-0.3, -0.25) is 0 Å². The topological polar surface area (TPSA) is 0 Å². The van der Waals surface area contributed by atoms with Gasteiger partial charge in [0, 0.05) is 23.0 Å². The Hall–Kier alpha value is -1.03. The molecular formula is C12H7ClF4. The Labute approximate surface area is 99.9 Å². The average Bonchev–Trinajstić information content (AvgIpc) is 2.64. The summed E-state index contributed by atoms with van der Waals surface area (Å²) in [6.07, 6.45) is 3.64. The maximum atomic E-state index is 13.7. The summed E-state index contributed by atoms with van der Waals surface area (Å²) < 4.78 is 53.7. The molecule has 2 aliphatic carbocycles. The van der Waals surface area contributed by atoms with Gasteiger partial charge < -0.3 is 0 Å². The molecule has 3 atom stereocenters. The van der Waals surface area contributed by atoms with Crippen LogP contribution in [0.15, 0.2) is 12.2 Å².